The van der Waals surface area contributed by atoms with Gasteiger partial charge in [0.1, 0.15) is 11.8 Å². The lowest BCUT2D eigenvalue weighted by Crippen LogP contribution is -2.84. The first-order chi connectivity index (χ1) is 7.81. The average molecular weight is 241 g/mol. The first kappa shape index (κ1) is 11.7. The van der Waals surface area contributed by atoms with Crippen LogP contribution in [-0.4, -0.2) is 13.7 Å². The molecule has 0 spiro atoms. The van der Waals surface area contributed by atoms with Crippen LogP contribution in [0, 0.1) is 0 Å². The van der Waals surface area contributed by atoms with Crippen molar-refractivity contribution in [1.29, 1.82) is 0 Å². The molecule has 16 heavy (non-hydrogen) atoms. The number of nitrogens with two attached hydrogens (primary N) is 1. The summed E-state index contributed by atoms with van der Waals surface area (Å²) in [5.74, 6) is 0.927. The van der Waals surface area contributed by atoms with Gasteiger partial charge in [0.15, 0.2) is 0 Å². The van der Waals surface area contributed by atoms with Gasteiger partial charge in [-0.05, 0) is 37.5 Å². The Balaban J connectivity index is 2.23. The van der Waals surface area contributed by atoms with Crippen LogP contribution in [0.1, 0.15) is 37.3 Å². The van der Waals surface area contributed by atoms with Crippen LogP contribution in [0.5, 0.6) is 5.75 Å². The number of halogens is 1. The molecule has 2 nitrogen and oxygen atoms in total. The lowest BCUT2D eigenvalue weighted by molar-refractivity contribution is -0.694. The topological polar surface area (TPSA) is 25.8 Å². The lowest BCUT2D eigenvalue weighted by atomic mass is 10.0. The van der Waals surface area contributed by atoms with Gasteiger partial charge in [-0.25, -0.2) is 0 Å². The third-order valence-electron chi connectivity index (χ3n) is 3.27. The highest BCUT2D eigenvalue weighted by Crippen LogP contribution is 2.29. The molecule has 1 aromatic carbocycles. The molecule has 0 bridgehead atoms. The molecular weight excluding hydrogens is 222 g/mol. The van der Waals surface area contributed by atoms with Crippen molar-refractivity contribution in [2.45, 2.75) is 31.7 Å². The van der Waals surface area contributed by atoms with E-state index in [1.165, 1.54) is 37.8 Å². The Morgan fingerprint density at radius 2 is 2.19 bits per heavy atom. The third-order valence-corrected chi connectivity index (χ3v) is 3.50. The highest BCUT2D eigenvalue weighted by atomic mass is 35.5. The molecule has 1 aliphatic rings. The van der Waals surface area contributed by atoms with E-state index in [2.05, 4.69) is 11.4 Å². The van der Waals surface area contributed by atoms with Crippen LogP contribution in [0.15, 0.2) is 18.2 Å². The minimum absolute atomic E-state index is 0.537. The van der Waals surface area contributed by atoms with Crippen LogP contribution in [0.4, 0.5) is 0 Å². The van der Waals surface area contributed by atoms with Gasteiger partial charge < -0.3 is 10.1 Å². The molecule has 1 atom stereocenters. The molecule has 3 heteroatoms. The van der Waals surface area contributed by atoms with Gasteiger partial charge in [-0.3, -0.25) is 0 Å². The summed E-state index contributed by atoms with van der Waals surface area (Å²) < 4.78 is 5.42. The molecule has 0 aliphatic carbocycles. The summed E-state index contributed by atoms with van der Waals surface area (Å²) in [5, 5.41) is 3.17. The van der Waals surface area contributed by atoms with E-state index >= 15 is 0 Å². The lowest BCUT2D eigenvalue weighted by Gasteiger charge is -2.16. The molecular formula is C13H19ClNO+. The van der Waals surface area contributed by atoms with E-state index in [9.17, 15) is 0 Å². The molecule has 2 N–H and O–H groups in total. The molecule has 0 radical (unpaired) electrons. The zero-order valence-corrected chi connectivity index (χ0v) is 10.5. The predicted molar refractivity (Wildman–Crippen MR) is 66.0 cm³/mol. The third kappa shape index (κ3) is 2.69. The van der Waals surface area contributed by atoms with Crippen LogP contribution in [0.3, 0.4) is 0 Å². The van der Waals surface area contributed by atoms with Gasteiger partial charge in [-0.2, -0.15) is 0 Å². The van der Waals surface area contributed by atoms with E-state index in [-0.39, 0.29) is 0 Å². The van der Waals surface area contributed by atoms with Crippen molar-refractivity contribution in [2.24, 2.45) is 0 Å². The number of hydrogen-bond acceptors (Lipinski definition) is 1. The second-order valence-corrected chi connectivity index (χ2v) is 4.80. The number of hydrogen-bond donors (Lipinski definition) is 1. The van der Waals surface area contributed by atoms with Crippen LogP contribution in [0.25, 0.3) is 0 Å². The van der Waals surface area contributed by atoms with Gasteiger partial charge in [0.05, 0.1) is 19.2 Å². The molecule has 0 aromatic heterocycles. The summed E-state index contributed by atoms with van der Waals surface area (Å²) in [7, 11) is 1.71. The molecule has 1 heterocycles. The number of quaternary nitrogens is 1. The van der Waals surface area contributed by atoms with Gasteiger partial charge in [0.2, 0.25) is 0 Å². The monoisotopic (exact) mass is 240 g/mol. The summed E-state index contributed by atoms with van der Waals surface area (Å²) in [6.45, 7) is 1.22. The maximum atomic E-state index is 5.98. The molecule has 0 unspecified atom stereocenters. The van der Waals surface area contributed by atoms with Crippen molar-refractivity contribution >= 4 is 11.6 Å². The number of ether oxygens (including phenoxy) is 1. The number of rotatable bonds is 2. The van der Waals surface area contributed by atoms with Gasteiger partial charge in [-0.1, -0.05) is 11.6 Å². The summed E-state index contributed by atoms with van der Waals surface area (Å²) >= 11 is 5.98. The standard InChI is InChI=1S/C13H18ClNO/c1-16-13-9-10(14)6-7-11(13)12-5-3-2-4-8-15-12/h6-7,9,12,15H,2-5,8H2,1H3/p+1/t12-/m0/s1. The van der Waals surface area contributed by atoms with E-state index in [1.54, 1.807) is 7.11 Å². The minimum atomic E-state index is 0.537. The van der Waals surface area contributed by atoms with Crippen molar-refractivity contribution in [3.8, 4) is 5.75 Å². The highest BCUT2D eigenvalue weighted by Gasteiger charge is 2.20. The SMILES string of the molecule is COc1cc(Cl)ccc1[C@@H]1CCCCC[NH2+]1. The Morgan fingerprint density at radius 1 is 1.31 bits per heavy atom. The highest BCUT2D eigenvalue weighted by molar-refractivity contribution is 6.30. The Hall–Kier alpha value is -0.730. The maximum Gasteiger partial charge on any atom is 0.129 e. The van der Waals surface area contributed by atoms with E-state index in [0.717, 1.165) is 10.8 Å². The van der Waals surface area contributed by atoms with E-state index in [0.29, 0.717) is 6.04 Å². The largest absolute Gasteiger partial charge is 0.496 e. The van der Waals surface area contributed by atoms with Crippen LogP contribution in [-0.2, 0) is 0 Å². The quantitative estimate of drug-likeness (QED) is 0.845. The molecule has 1 fully saturated rings. The van der Waals surface area contributed by atoms with Crippen molar-refractivity contribution in [3.05, 3.63) is 28.8 Å². The summed E-state index contributed by atoms with van der Waals surface area (Å²) in [6, 6.07) is 6.51. The Morgan fingerprint density at radius 3 is 3.00 bits per heavy atom. The van der Waals surface area contributed by atoms with Crippen molar-refractivity contribution in [1.82, 2.24) is 0 Å². The molecule has 1 aliphatic heterocycles. The fraction of sp³-hybridized carbons (Fsp3) is 0.538. The number of methoxy groups -OCH3 is 1. The first-order valence-corrected chi connectivity index (χ1v) is 6.36. The summed E-state index contributed by atoms with van der Waals surface area (Å²) in [4.78, 5) is 0. The maximum absolute atomic E-state index is 5.98. The van der Waals surface area contributed by atoms with Gasteiger partial charge in [-0.15, -0.1) is 0 Å². The predicted octanol–water partition coefficient (Wildman–Crippen LogP) is 2.53. The fourth-order valence-corrected chi connectivity index (χ4v) is 2.56. The van der Waals surface area contributed by atoms with Crippen molar-refractivity contribution < 1.29 is 10.1 Å². The minimum Gasteiger partial charge on any atom is -0.496 e. The molecule has 1 saturated heterocycles. The van der Waals surface area contributed by atoms with E-state index in [4.69, 9.17) is 16.3 Å². The second-order valence-electron chi connectivity index (χ2n) is 4.37. The fourth-order valence-electron chi connectivity index (χ4n) is 2.40. The molecule has 0 amide bonds. The molecule has 0 saturated carbocycles. The van der Waals surface area contributed by atoms with Gasteiger partial charge in [0.25, 0.3) is 0 Å². The first-order valence-electron chi connectivity index (χ1n) is 5.98. The average Bonchev–Trinajstić information content (AvgIpc) is 2.57. The summed E-state index contributed by atoms with van der Waals surface area (Å²) in [6.07, 6.45) is 5.22. The second kappa shape index (κ2) is 5.55. The van der Waals surface area contributed by atoms with Gasteiger partial charge in [0, 0.05) is 11.4 Å². The molecule has 88 valence electrons. The van der Waals surface area contributed by atoms with Gasteiger partial charge >= 0.3 is 0 Å². The Kier molecular flexibility index (Phi) is 4.08. The number of benzene rings is 1. The Bertz CT molecular complexity index is 346. The molecule has 2 rings (SSSR count). The van der Waals surface area contributed by atoms with Crippen LogP contribution < -0.4 is 10.1 Å². The zero-order valence-electron chi connectivity index (χ0n) is 9.71. The normalized spacial score (nSPS) is 21.5. The molecule has 1 aromatic rings. The van der Waals surface area contributed by atoms with Crippen LogP contribution in [0.2, 0.25) is 5.02 Å². The Labute approximate surface area is 102 Å². The summed E-state index contributed by atoms with van der Waals surface area (Å²) in [5.41, 5.74) is 1.29. The van der Waals surface area contributed by atoms with E-state index < -0.39 is 0 Å². The van der Waals surface area contributed by atoms with Crippen LogP contribution >= 0.6 is 11.6 Å². The van der Waals surface area contributed by atoms with E-state index in [1.807, 2.05) is 12.1 Å². The zero-order chi connectivity index (χ0) is 11.4. The smallest absolute Gasteiger partial charge is 0.129 e. The van der Waals surface area contributed by atoms with Crippen molar-refractivity contribution in [2.75, 3.05) is 13.7 Å². The van der Waals surface area contributed by atoms with Crippen molar-refractivity contribution in [3.63, 3.8) is 0 Å².